The van der Waals surface area contributed by atoms with Gasteiger partial charge in [-0.05, 0) is 88.0 Å². The van der Waals surface area contributed by atoms with Crippen LogP contribution in [0.2, 0.25) is 5.02 Å². The molecule has 0 aromatic heterocycles. The SMILES string of the molecule is CC(C)(C(=O)NC1C2CC3CC1CC(C(=O)O)(C3)C2)N1CCN(S(=O)(=O)c2ccc(Cl)cc2)CC1. The minimum atomic E-state index is -3.62. The van der Waals surface area contributed by atoms with Crippen molar-refractivity contribution < 1.29 is 23.1 Å². The van der Waals surface area contributed by atoms with E-state index in [1.165, 1.54) is 16.4 Å². The summed E-state index contributed by atoms with van der Waals surface area (Å²) in [4.78, 5) is 27.8. The molecule has 1 saturated heterocycles. The third-order valence-electron chi connectivity index (χ3n) is 9.06. The predicted molar refractivity (Wildman–Crippen MR) is 131 cm³/mol. The number of benzene rings is 1. The molecule has 2 atom stereocenters. The molecule has 2 N–H and O–H groups in total. The first-order chi connectivity index (χ1) is 16.4. The molecule has 4 saturated carbocycles. The average Bonchev–Trinajstić information content (AvgIpc) is 2.81. The standard InChI is InChI=1S/C25H34ClN3O5S/c1-24(2,28-7-9-29(10-8-28)35(33,34)20-5-3-19(26)4-6-20)22(30)27-21-17-11-16-12-18(21)15-25(13-16,14-17)23(31)32/h3-6,16-18,21H,7-15H2,1-2H3,(H,27,30)(H,31,32). The second kappa shape index (κ2) is 8.71. The van der Waals surface area contributed by atoms with E-state index >= 15 is 0 Å². The van der Waals surface area contributed by atoms with Crippen molar-refractivity contribution in [2.45, 2.75) is 62.4 Å². The Morgan fingerprint density at radius 1 is 1.03 bits per heavy atom. The molecule has 4 bridgehead atoms. The zero-order chi connectivity index (χ0) is 25.2. The van der Waals surface area contributed by atoms with E-state index in [4.69, 9.17) is 11.6 Å². The molecule has 2 unspecified atom stereocenters. The molecule has 4 aliphatic carbocycles. The lowest BCUT2D eigenvalue weighted by molar-refractivity contribution is -0.168. The third-order valence-corrected chi connectivity index (χ3v) is 11.2. The van der Waals surface area contributed by atoms with Crippen LogP contribution >= 0.6 is 11.6 Å². The van der Waals surface area contributed by atoms with Gasteiger partial charge in [-0.2, -0.15) is 4.31 Å². The van der Waals surface area contributed by atoms with E-state index in [0.29, 0.717) is 50.0 Å². The minimum Gasteiger partial charge on any atom is -0.481 e. The van der Waals surface area contributed by atoms with Crippen LogP contribution in [-0.2, 0) is 19.6 Å². The number of carbonyl (C=O) groups is 2. The maximum atomic E-state index is 13.5. The number of nitrogens with one attached hydrogen (secondary N) is 1. The first kappa shape index (κ1) is 25.0. The average molecular weight is 524 g/mol. The molecule has 0 spiro atoms. The fourth-order valence-corrected chi connectivity index (χ4v) is 8.78. The Bertz CT molecular complexity index is 1100. The summed E-state index contributed by atoms with van der Waals surface area (Å²) >= 11 is 5.90. The van der Waals surface area contributed by atoms with E-state index in [0.717, 1.165) is 19.3 Å². The summed E-state index contributed by atoms with van der Waals surface area (Å²) in [5.74, 6) is 0.166. The van der Waals surface area contributed by atoms with Gasteiger partial charge in [0.1, 0.15) is 0 Å². The van der Waals surface area contributed by atoms with Gasteiger partial charge in [0, 0.05) is 37.2 Å². The van der Waals surface area contributed by atoms with Gasteiger partial charge in [0.25, 0.3) is 0 Å². The number of piperazine rings is 1. The van der Waals surface area contributed by atoms with Gasteiger partial charge >= 0.3 is 5.97 Å². The maximum absolute atomic E-state index is 13.5. The smallest absolute Gasteiger partial charge is 0.309 e. The molecule has 35 heavy (non-hydrogen) atoms. The van der Waals surface area contributed by atoms with Crippen LogP contribution in [0.4, 0.5) is 0 Å². The molecule has 0 radical (unpaired) electrons. The zero-order valence-electron chi connectivity index (χ0n) is 20.2. The molecule has 6 rings (SSSR count). The number of nitrogens with zero attached hydrogens (tertiary/aromatic N) is 2. The Balaban J connectivity index is 1.22. The van der Waals surface area contributed by atoms with Crippen molar-refractivity contribution in [1.82, 2.24) is 14.5 Å². The number of carboxylic acid groups (broad SMARTS) is 1. The van der Waals surface area contributed by atoms with Gasteiger partial charge < -0.3 is 10.4 Å². The van der Waals surface area contributed by atoms with E-state index in [2.05, 4.69) is 5.32 Å². The van der Waals surface area contributed by atoms with E-state index in [1.807, 2.05) is 18.7 Å². The summed E-state index contributed by atoms with van der Waals surface area (Å²) in [7, 11) is -3.62. The summed E-state index contributed by atoms with van der Waals surface area (Å²) < 4.78 is 27.5. The van der Waals surface area contributed by atoms with Crippen molar-refractivity contribution in [3.63, 3.8) is 0 Å². The van der Waals surface area contributed by atoms with Gasteiger partial charge in [-0.25, -0.2) is 8.42 Å². The van der Waals surface area contributed by atoms with Gasteiger partial charge in [0.05, 0.1) is 15.8 Å². The van der Waals surface area contributed by atoms with E-state index in [1.54, 1.807) is 12.1 Å². The second-order valence-corrected chi connectivity index (χ2v) is 13.8. The normalized spacial score (nSPS) is 33.6. The summed E-state index contributed by atoms with van der Waals surface area (Å²) in [5.41, 5.74) is -1.39. The van der Waals surface area contributed by atoms with Crippen LogP contribution < -0.4 is 5.32 Å². The molecular formula is C25H34ClN3O5S. The molecule has 1 heterocycles. The van der Waals surface area contributed by atoms with Gasteiger partial charge in [-0.3, -0.25) is 14.5 Å². The highest BCUT2D eigenvalue weighted by Crippen LogP contribution is 2.60. The number of halogens is 1. The fraction of sp³-hybridized carbons (Fsp3) is 0.680. The van der Waals surface area contributed by atoms with Crippen LogP contribution in [0.5, 0.6) is 0 Å². The first-order valence-corrected chi connectivity index (χ1v) is 14.3. The van der Waals surface area contributed by atoms with Crippen molar-refractivity contribution in [1.29, 1.82) is 0 Å². The number of carboxylic acids is 1. The number of sulfonamides is 1. The Morgan fingerprint density at radius 2 is 1.60 bits per heavy atom. The number of hydrogen-bond donors (Lipinski definition) is 2. The molecule has 1 aromatic rings. The van der Waals surface area contributed by atoms with E-state index in [-0.39, 0.29) is 28.7 Å². The minimum absolute atomic E-state index is 0.0253. The molecule has 10 heteroatoms. The lowest BCUT2D eigenvalue weighted by atomic mass is 9.48. The van der Waals surface area contributed by atoms with E-state index in [9.17, 15) is 23.1 Å². The topological polar surface area (TPSA) is 107 Å². The largest absolute Gasteiger partial charge is 0.481 e. The molecule has 5 fully saturated rings. The summed E-state index contributed by atoms with van der Waals surface area (Å²) in [5, 5.41) is 13.7. The highest BCUT2D eigenvalue weighted by Gasteiger charge is 2.59. The van der Waals surface area contributed by atoms with Crippen LogP contribution in [0, 0.1) is 23.2 Å². The molecule has 1 aliphatic heterocycles. The summed E-state index contributed by atoms with van der Waals surface area (Å²) in [6.45, 7) is 5.29. The predicted octanol–water partition coefficient (Wildman–Crippen LogP) is 2.82. The summed E-state index contributed by atoms with van der Waals surface area (Å²) in [6.07, 6.45) is 4.09. The molecular weight excluding hydrogens is 490 g/mol. The number of amides is 1. The van der Waals surface area contributed by atoms with Crippen LogP contribution in [-0.4, -0.2) is 72.4 Å². The number of rotatable bonds is 6. The van der Waals surface area contributed by atoms with Crippen molar-refractivity contribution in [2.75, 3.05) is 26.2 Å². The molecule has 8 nitrogen and oxygen atoms in total. The van der Waals surface area contributed by atoms with Crippen LogP contribution in [0.1, 0.15) is 46.0 Å². The lowest BCUT2D eigenvalue weighted by Crippen LogP contribution is -2.66. The van der Waals surface area contributed by atoms with Crippen LogP contribution in [0.25, 0.3) is 0 Å². The number of carbonyl (C=O) groups excluding carboxylic acids is 1. The van der Waals surface area contributed by atoms with Gasteiger partial charge in [-0.1, -0.05) is 11.6 Å². The van der Waals surface area contributed by atoms with Crippen molar-refractivity contribution in [3.8, 4) is 0 Å². The van der Waals surface area contributed by atoms with Gasteiger partial charge in [-0.15, -0.1) is 0 Å². The van der Waals surface area contributed by atoms with Crippen molar-refractivity contribution in [2.24, 2.45) is 23.2 Å². The van der Waals surface area contributed by atoms with Crippen LogP contribution in [0.15, 0.2) is 29.2 Å². The number of hydrogen-bond acceptors (Lipinski definition) is 5. The molecule has 192 valence electrons. The maximum Gasteiger partial charge on any atom is 0.309 e. The Labute approximate surface area is 212 Å². The molecule has 5 aliphatic rings. The fourth-order valence-electron chi connectivity index (χ4n) is 7.24. The number of aliphatic carboxylic acids is 1. The Kier molecular flexibility index (Phi) is 6.22. The van der Waals surface area contributed by atoms with Crippen molar-refractivity contribution in [3.05, 3.63) is 29.3 Å². The van der Waals surface area contributed by atoms with Gasteiger partial charge in [0.15, 0.2) is 0 Å². The van der Waals surface area contributed by atoms with Gasteiger partial charge in [0.2, 0.25) is 15.9 Å². The van der Waals surface area contributed by atoms with Crippen molar-refractivity contribution >= 4 is 33.5 Å². The first-order valence-electron chi connectivity index (χ1n) is 12.5. The molecule has 1 aromatic carbocycles. The molecule has 1 amide bonds. The van der Waals surface area contributed by atoms with E-state index < -0.39 is 26.9 Å². The summed E-state index contributed by atoms with van der Waals surface area (Å²) in [6, 6.07) is 6.19. The lowest BCUT2D eigenvalue weighted by Gasteiger charge is -2.58. The zero-order valence-corrected chi connectivity index (χ0v) is 21.8. The third kappa shape index (κ3) is 4.28. The Morgan fingerprint density at radius 3 is 2.14 bits per heavy atom. The highest BCUT2D eigenvalue weighted by molar-refractivity contribution is 7.89. The highest BCUT2D eigenvalue weighted by atomic mass is 35.5. The quantitative estimate of drug-likeness (QED) is 0.593. The van der Waals surface area contributed by atoms with Crippen LogP contribution in [0.3, 0.4) is 0 Å². The second-order valence-electron chi connectivity index (χ2n) is 11.5. The Hall–Kier alpha value is -1.68. The monoisotopic (exact) mass is 523 g/mol.